The van der Waals surface area contributed by atoms with E-state index >= 15 is 0 Å². The Morgan fingerprint density at radius 3 is 2.33 bits per heavy atom. The van der Waals surface area contributed by atoms with Crippen LogP contribution in [0.4, 0.5) is 0 Å². The molecule has 0 spiro atoms. The van der Waals surface area contributed by atoms with Crippen molar-refractivity contribution in [1.29, 1.82) is 0 Å². The Bertz CT molecular complexity index is 390. The first-order valence-electron chi connectivity index (χ1n) is 6.00. The largest absolute Gasteiger partial charge is 0.484 e. The van der Waals surface area contributed by atoms with Crippen LogP contribution in [0.5, 0.6) is 5.75 Å². The van der Waals surface area contributed by atoms with E-state index in [1.807, 2.05) is 20.8 Å². The Labute approximate surface area is 108 Å². The summed E-state index contributed by atoms with van der Waals surface area (Å²) < 4.78 is 5.35. The highest BCUT2D eigenvalue weighted by Crippen LogP contribution is 2.17. The normalized spacial score (nSPS) is 12.9. The van der Waals surface area contributed by atoms with E-state index in [2.05, 4.69) is 5.32 Å². The summed E-state index contributed by atoms with van der Waals surface area (Å²) in [6.07, 6.45) is -0.497. The van der Waals surface area contributed by atoms with Crippen molar-refractivity contribution in [2.24, 2.45) is 0 Å². The summed E-state index contributed by atoms with van der Waals surface area (Å²) in [5.41, 5.74) is 0.567. The summed E-state index contributed by atoms with van der Waals surface area (Å²) in [7, 11) is 0. The third kappa shape index (κ3) is 5.19. The maximum atomic E-state index is 11.5. The molecule has 2 N–H and O–H groups in total. The standard InChI is InChI=1S/C14H21NO3/c1-10(16)11-5-7-12(8-6-11)18-9-13(17)15-14(2,3)4/h5-8,10,16H,9H2,1-4H3,(H,15,17)/t10-/m0/s1. The van der Waals surface area contributed by atoms with Crippen LogP contribution < -0.4 is 10.1 Å². The predicted molar refractivity (Wildman–Crippen MR) is 70.5 cm³/mol. The van der Waals surface area contributed by atoms with Crippen molar-refractivity contribution >= 4 is 5.91 Å². The highest BCUT2D eigenvalue weighted by Gasteiger charge is 2.13. The first-order chi connectivity index (χ1) is 8.28. The van der Waals surface area contributed by atoms with Crippen molar-refractivity contribution in [1.82, 2.24) is 5.32 Å². The molecular formula is C14H21NO3. The van der Waals surface area contributed by atoms with Crippen LogP contribution in [0.15, 0.2) is 24.3 Å². The van der Waals surface area contributed by atoms with Crippen LogP contribution in [0.25, 0.3) is 0 Å². The molecule has 0 saturated heterocycles. The lowest BCUT2D eigenvalue weighted by Gasteiger charge is -2.20. The summed E-state index contributed by atoms with van der Waals surface area (Å²) in [5, 5.41) is 12.2. The van der Waals surface area contributed by atoms with E-state index in [0.717, 1.165) is 5.56 Å². The van der Waals surface area contributed by atoms with E-state index in [9.17, 15) is 9.90 Å². The van der Waals surface area contributed by atoms with Gasteiger partial charge in [0.25, 0.3) is 5.91 Å². The van der Waals surface area contributed by atoms with E-state index in [4.69, 9.17) is 4.74 Å². The summed E-state index contributed by atoms with van der Waals surface area (Å²) in [5.74, 6) is 0.463. The Morgan fingerprint density at radius 2 is 1.89 bits per heavy atom. The molecule has 0 heterocycles. The topological polar surface area (TPSA) is 58.6 Å². The minimum Gasteiger partial charge on any atom is -0.484 e. The number of amides is 1. The van der Waals surface area contributed by atoms with Crippen molar-refractivity contribution in [3.05, 3.63) is 29.8 Å². The van der Waals surface area contributed by atoms with Crippen LogP contribution in [-0.4, -0.2) is 23.2 Å². The molecule has 4 heteroatoms. The van der Waals surface area contributed by atoms with Gasteiger partial charge >= 0.3 is 0 Å². The van der Waals surface area contributed by atoms with Gasteiger partial charge in [0, 0.05) is 5.54 Å². The molecule has 0 fully saturated rings. The average molecular weight is 251 g/mol. The molecular weight excluding hydrogens is 230 g/mol. The van der Waals surface area contributed by atoms with Gasteiger partial charge in [0.2, 0.25) is 0 Å². The highest BCUT2D eigenvalue weighted by molar-refractivity contribution is 5.78. The summed E-state index contributed by atoms with van der Waals surface area (Å²) in [6, 6.07) is 7.04. The quantitative estimate of drug-likeness (QED) is 0.861. The molecule has 1 aromatic carbocycles. The molecule has 0 aliphatic rings. The number of hydrogen-bond acceptors (Lipinski definition) is 3. The van der Waals surface area contributed by atoms with Crippen molar-refractivity contribution < 1.29 is 14.6 Å². The Morgan fingerprint density at radius 1 is 1.33 bits per heavy atom. The molecule has 0 aliphatic heterocycles. The second-order valence-electron chi connectivity index (χ2n) is 5.33. The molecule has 0 bridgehead atoms. The second-order valence-corrected chi connectivity index (χ2v) is 5.33. The molecule has 1 aromatic rings. The third-order valence-corrected chi connectivity index (χ3v) is 2.25. The van der Waals surface area contributed by atoms with Crippen LogP contribution in [0, 0.1) is 0 Å². The zero-order valence-electron chi connectivity index (χ0n) is 11.4. The maximum absolute atomic E-state index is 11.5. The minimum absolute atomic E-state index is 0.00864. The first-order valence-corrected chi connectivity index (χ1v) is 6.00. The fourth-order valence-electron chi connectivity index (χ4n) is 1.45. The number of ether oxygens (including phenoxy) is 1. The van der Waals surface area contributed by atoms with Crippen LogP contribution in [0.2, 0.25) is 0 Å². The smallest absolute Gasteiger partial charge is 0.258 e. The summed E-state index contributed by atoms with van der Waals surface area (Å²) >= 11 is 0. The lowest BCUT2D eigenvalue weighted by Crippen LogP contribution is -2.43. The number of aliphatic hydroxyl groups excluding tert-OH is 1. The monoisotopic (exact) mass is 251 g/mol. The molecule has 0 unspecified atom stereocenters. The van der Waals surface area contributed by atoms with Gasteiger partial charge in [0.1, 0.15) is 5.75 Å². The fourth-order valence-corrected chi connectivity index (χ4v) is 1.45. The van der Waals surface area contributed by atoms with Crippen molar-refractivity contribution in [2.75, 3.05) is 6.61 Å². The maximum Gasteiger partial charge on any atom is 0.258 e. The number of carbonyl (C=O) groups is 1. The number of benzene rings is 1. The van der Waals surface area contributed by atoms with Crippen LogP contribution in [0.3, 0.4) is 0 Å². The number of hydrogen-bond donors (Lipinski definition) is 2. The van der Waals surface area contributed by atoms with E-state index < -0.39 is 6.10 Å². The molecule has 4 nitrogen and oxygen atoms in total. The molecule has 1 amide bonds. The molecule has 1 atom stereocenters. The van der Waals surface area contributed by atoms with Gasteiger partial charge in [-0.05, 0) is 45.4 Å². The van der Waals surface area contributed by atoms with Gasteiger partial charge in [0.05, 0.1) is 6.10 Å². The number of rotatable bonds is 4. The highest BCUT2D eigenvalue weighted by atomic mass is 16.5. The number of nitrogens with one attached hydrogen (secondary N) is 1. The number of aliphatic hydroxyl groups is 1. The fraction of sp³-hybridized carbons (Fsp3) is 0.500. The molecule has 0 aliphatic carbocycles. The van der Waals surface area contributed by atoms with Gasteiger partial charge in [-0.15, -0.1) is 0 Å². The molecule has 0 aromatic heterocycles. The Kier molecular flexibility index (Phi) is 4.73. The van der Waals surface area contributed by atoms with Gasteiger partial charge < -0.3 is 15.2 Å². The second kappa shape index (κ2) is 5.87. The Hall–Kier alpha value is -1.55. The van der Waals surface area contributed by atoms with E-state index in [-0.39, 0.29) is 18.1 Å². The van der Waals surface area contributed by atoms with Crippen molar-refractivity contribution in [3.63, 3.8) is 0 Å². The summed E-state index contributed by atoms with van der Waals surface area (Å²) in [6.45, 7) is 7.45. The van der Waals surface area contributed by atoms with Crippen LogP contribution in [-0.2, 0) is 4.79 Å². The molecule has 100 valence electrons. The van der Waals surface area contributed by atoms with Crippen LogP contribution in [0.1, 0.15) is 39.4 Å². The molecule has 0 saturated carbocycles. The van der Waals surface area contributed by atoms with Crippen molar-refractivity contribution in [3.8, 4) is 5.75 Å². The van der Waals surface area contributed by atoms with E-state index in [1.165, 1.54) is 0 Å². The first kappa shape index (κ1) is 14.5. The van der Waals surface area contributed by atoms with Crippen LogP contribution >= 0.6 is 0 Å². The SMILES string of the molecule is C[C@H](O)c1ccc(OCC(=O)NC(C)(C)C)cc1. The van der Waals surface area contributed by atoms with Gasteiger partial charge in [-0.25, -0.2) is 0 Å². The van der Waals surface area contributed by atoms with Gasteiger partial charge in [0.15, 0.2) is 6.61 Å². The van der Waals surface area contributed by atoms with E-state index in [0.29, 0.717) is 5.75 Å². The lowest BCUT2D eigenvalue weighted by atomic mass is 10.1. The summed E-state index contributed by atoms with van der Waals surface area (Å²) in [4.78, 5) is 11.5. The van der Waals surface area contributed by atoms with Crippen molar-refractivity contribution in [2.45, 2.75) is 39.3 Å². The van der Waals surface area contributed by atoms with Gasteiger partial charge in [-0.2, -0.15) is 0 Å². The molecule has 0 radical (unpaired) electrons. The van der Waals surface area contributed by atoms with Gasteiger partial charge in [-0.1, -0.05) is 12.1 Å². The molecule has 18 heavy (non-hydrogen) atoms. The molecule has 1 rings (SSSR count). The zero-order valence-corrected chi connectivity index (χ0v) is 11.4. The van der Waals surface area contributed by atoms with Gasteiger partial charge in [-0.3, -0.25) is 4.79 Å². The zero-order chi connectivity index (χ0) is 13.8. The number of carbonyl (C=O) groups excluding carboxylic acids is 1. The lowest BCUT2D eigenvalue weighted by molar-refractivity contribution is -0.124. The Balaban J connectivity index is 2.46. The minimum atomic E-state index is -0.497. The third-order valence-electron chi connectivity index (χ3n) is 2.25. The average Bonchev–Trinajstić information content (AvgIpc) is 2.24. The van der Waals surface area contributed by atoms with E-state index in [1.54, 1.807) is 31.2 Å². The predicted octanol–water partition coefficient (Wildman–Crippen LogP) is 2.03.